The first-order chi connectivity index (χ1) is 22.3. The number of primary amides is 1. The van der Waals surface area contributed by atoms with Gasteiger partial charge in [0.05, 0.1) is 6.26 Å². The summed E-state index contributed by atoms with van der Waals surface area (Å²) in [5.74, 6) is -2.37. The van der Waals surface area contributed by atoms with Gasteiger partial charge < -0.3 is 15.6 Å². The van der Waals surface area contributed by atoms with Gasteiger partial charge in [0.25, 0.3) is 11.8 Å². The van der Waals surface area contributed by atoms with E-state index in [2.05, 4.69) is 4.98 Å². The van der Waals surface area contributed by atoms with Gasteiger partial charge in [-0.2, -0.15) is 0 Å². The molecule has 0 bridgehead atoms. The molecule has 1 aromatic heterocycles. The zero-order valence-corrected chi connectivity index (χ0v) is 27.6. The maximum Gasteiger partial charge on any atom is 0.259 e. The molecule has 0 fully saturated rings. The smallest absolute Gasteiger partial charge is 0.259 e. The topological polar surface area (TPSA) is 134 Å². The first kappa shape index (κ1) is 33.2. The van der Waals surface area contributed by atoms with E-state index in [-0.39, 0.29) is 12.8 Å². The van der Waals surface area contributed by atoms with Gasteiger partial charge in [-0.1, -0.05) is 90.0 Å². The Bertz CT molecular complexity index is 2020. The normalized spacial score (nSPS) is 12.8. The highest BCUT2D eigenvalue weighted by Crippen LogP contribution is 2.25. The minimum absolute atomic E-state index is 0.00840. The molecule has 0 aliphatic heterocycles. The standard InChI is InChI=1S/C37H38N4O5S/c1-24-18-25(2)20-29(19-24)36(43)40(3)34(21-26-14-16-28(17-15-26)27-10-6-5-7-11-27)37(44)41(47(4,45)46)33(35(38)42)22-30-23-39-32-13-9-8-12-31(30)32/h5-20,23,33-34,39H,21-22H2,1-4H3,(H2,38,42)/t33-,34-/m0/s1. The average Bonchev–Trinajstić information content (AvgIpc) is 3.45. The van der Waals surface area contributed by atoms with Crippen molar-refractivity contribution < 1.29 is 22.8 Å². The SMILES string of the molecule is Cc1cc(C)cc(C(=O)N(C)[C@@H](Cc2ccc(-c3ccccc3)cc2)C(=O)N([C@@H](Cc2c[nH]c3ccccc23)C(N)=O)S(C)(=O)=O)c1. The first-order valence-electron chi connectivity index (χ1n) is 15.2. The summed E-state index contributed by atoms with van der Waals surface area (Å²) >= 11 is 0. The number of para-hydroxylation sites is 1. The Morgan fingerprint density at radius 1 is 0.787 bits per heavy atom. The molecule has 0 saturated heterocycles. The van der Waals surface area contributed by atoms with Crippen LogP contribution >= 0.6 is 0 Å². The predicted molar refractivity (Wildman–Crippen MR) is 184 cm³/mol. The van der Waals surface area contributed by atoms with Crippen molar-refractivity contribution in [3.63, 3.8) is 0 Å². The quantitative estimate of drug-likeness (QED) is 0.207. The number of carbonyl (C=O) groups excluding carboxylic acids is 3. The van der Waals surface area contributed by atoms with Crippen molar-refractivity contribution in [1.29, 1.82) is 0 Å². The summed E-state index contributed by atoms with van der Waals surface area (Å²) in [7, 11) is -2.87. The van der Waals surface area contributed by atoms with Gasteiger partial charge in [-0.3, -0.25) is 14.4 Å². The molecule has 0 saturated carbocycles. The van der Waals surface area contributed by atoms with Gasteiger partial charge in [0.2, 0.25) is 15.9 Å². The summed E-state index contributed by atoms with van der Waals surface area (Å²) in [5, 5.41) is 0.775. The second-order valence-corrected chi connectivity index (χ2v) is 13.8. The van der Waals surface area contributed by atoms with E-state index in [9.17, 15) is 22.8 Å². The van der Waals surface area contributed by atoms with Crippen LogP contribution in [0, 0.1) is 13.8 Å². The molecular weight excluding hydrogens is 612 g/mol. The Hall–Kier alpha value is -5.22. The summed E-state index contributed by atoms with van der Waals surface area (Å²) in [4.78, 5) is 45.8. The highest BCUT2D eigenvalue weighted by Gasteiger charge is 2.41. The number of benzene rings is 4. The molecule has 4 aromatic carbocycles. The third kappa shape index (κ3) is 7.44. The van der Waals surface area contributed by atoms with Crippen LogP contribution in [0.3, 0.4) is 0 Å². The third-order valence-electron chi connectivity index (χ3n) is 8.31. The number of H-pyrrole nitrogens is 1. The Labute approximate surface area is 275 Å². The van der Waals surface area contributed by atoms with Gasteiger partial charge in [-0.15, -0.1) is 0 Å². The first-order valence-corrected chi connectivity index (χ1v) is 17.1. The summed E-state index contributed by atoms with van der Waals surface area (Å²) in [6, 6.07) is 27.2. The molecule has 0 unspecified atom stereocenters. The lowest BCUT2D eigenvalue weighted by Crippen LogP contribution is -2.58. The van der Waals surface area contributed by atoms with Crippen LogP contribution in [0.5, 0.6) is 0 Å². The van der Waals surface area contributed by atoms with Gasteiger partial charge in [-0.25, -0.2) is 12.7 Å². The molecule has 242 valence electrons. The average molecular weight is 651 g/mol. The number of carbonyl (C=O) groups is 3. The molecule has 0 radical (unpaired) electrons. The van der Waals surface area contributed by atoms with E-state index in [4.69, 9.17) is 5.73 Å². The highest BCUT2D eigenvalue weighted by atomic mass is 32.2. The van der Waals surface area contributed by atoms with Crippen molar-refractivity contribution in [2.45, 2.75) is 38.8 Å². The van der Waals surface area contributed by atoms with E-state index >= 15 is 0 Å². The van der Waals surface area contributed by atoms with Gasteiger partial charge in [0.1, 0.15) is 12.1 Å². The number of nitrogens with zero attached hydrogens (tertiary/aromatic N) is 2. The van der Waals surface area contributed by atoms with Crippen LogP contribution in [0.2, 0.25) is 0 Å². The number of nitrogens with one attached hydrogen (secondary N) is 1. The number of aryl methyl sites for hydroxylation is 2. The van der Waals surface area contributed by atoms with Gasteiger partial charge in [0.15, 0.2) is 0 Å². The number of fused-ring (bicyclic) bond motifs is 1. The number of amides is 3. The zero-order chi connectivity index (χ0) is 33.9. The molecule has 5 aromatic rings. The number of hydrogen-bond donors (Lipinski definition) is 2. The summed E-state index contributed by atoms with van der Waals surface area (Å²) in [6.45, 7) is 3.74. The molecule has 5 rings (SSSR count). The van der Waals surface area contributed by atoms with Crippen molar-refractivity contribution in [2.24, 2.45) is 5.73 Å². The van der Waals surface area contributed by atoms with Crippen LogP contribution in [0.15, 0.2) is 103 Å². The minimum Gasteiger partial charge on any atom is -0.368 e. The van der Waals surface area contributed by atoms with Crippen LogP contribution in [-0.4, -0.2) is 65.7 Å². The van der Waals surface area contributed by atoms with E-state index in [1.165, 1.54) is 11.9 Å². The van der Waals surface area contributed by atoms with Crippen LogP contribution < -0.4 is 5.73 Å². The van der Waals surface area contributed by atoms with E-state index < -0.39 is 39.8 Å². The number of aromatic nitrogens is 1. The Kier molecular flexibility index (Phi) is 9.62. The molecule has 0 aliphatic rings. The highest BCUT2D eigenvalue weighted by molar-refractivity contribution is 7.89. The fourth-order valence-corrected chi connectivity index (χ4v) is 7.11. The second-order valence-electron chi connectivity index (χ2n) is 12.0. The number of likely N-dealkylation sites (N-methyl/N-ethyl adjacent to an activating group) is 1. The van der Waals surface area contributed by atoms with Gasteiger partial charge in [0, 0.05) is 42.6 Å². The summed E-state index contributed by atoms with van der Waals surface area (Å²) in [6.07, 6.45) is 2.39. The molecular formula is C37H38N4O5S. The number of nitrogens with two attached hydrogens (primary N) is 1. The van der Waals surface area contributed by atoms with Crippen molar-refractivity contribution in [1.82, 2.24) is 14.2 Å². The molecule has 3 amide bonds. The van der Waals surface area contributed by atoms with E-state index in [1.54, 1.807) is 18.3 Å². The molecule has 3 N–H and O–H groups in total. The molecule has 10 heteroatoms. The molecule has 47 heavy (non-hydrogen) atoms. The fraction of sp³-hybridized carbons (Fsp3) is 0.216. The summed E-state index contributed by atoms with van der Waals surface area (Å²) < 4.78 is 27.4. The predicted octanol–water partition coefficient (Wildman–Crippen LogP) is 5.02. The van der Waals surface area contributed by atoms with Crippen LogP contribution in [0.1, 0.15) is 32.6 Å². The maximum atomic E-state index is 14.6. The van der Waals surface area contributed by atoms with Gasteiger partial charge in [-0.05, 0) is 54.3 Å². The lowest BCUT2D eigenvalue weighted by Gasteiger charge is -2.35. The second kappa shape index (κ2) is 13.6. The van der Waals surface area contributed by atoms with Crippen LogP contribution in [-0.2, 0) is 32.5 Å². The Morgan fingerprint density at radius 3 is 2.00 bits per heavy atom. The van der Waals surface area contributed by atoms with Crippen LogP contribution in [0.25, 0.3) is 22.0 Å². The van der Waals surface area contributed by atoms with Crippen LogP contribution in [0.4, 0.5) is 0 Å². The maximum absolute atomic E-state index is 14.6. The lowest BCUT2D eigenvalue weighted by molar-refractivity contribution is -0.137. The van der Waals surface area contributed by atoms with Crippen molar-refractivity contribution in [2.75, 3.05) is 13.3 Å². The Balaban J connectivity index is 1.55. The molecule has 0 spiro atoms. The number of aromatic amines is 1. The molecule has 9 nitrogen and oxygen atoms in total. The molecule has 2 atom stereocenters. The number of sulfonamides is 1. The van der Waals surface area contributed by atoms with E-state index in [0.717, 1.165) is 39.4 Å². The fourth-order valence-electron chi connectivity index (χ4n) is 6.02. The van der Waals surface area contributed by atoms with Crippen molar-refractivity contribution >= 4 is 38.6 Å². The zero-order valence-electron chi connectivity index (χ0n) is 26.8. The minimum atomic E-state index is -4.35. The Morgan fingerprint density at radius 2 is 1.38 bits per heavy atom. The number of rotatable bonds is 11. The summed E-state index contributed by atoms with van der Waals surface area (Å²) in [5.41, 5.74) is 12.0. The molecule has 1 heterocycles. The van der Waals surface area contributed by atoms with Crippen molar-refractivity contribution in [3.8, 4) is 11.1 Å². The monoisotopic (exact) mass is 650 g/mol. The molecule has 0 aliphatic carbocycles. The largest absolute Gasteiger partial charge is 0.368 e. The van der Waals surface area contributed by atoms with E-state index in [0.29, 0.717) is 21.0 Å². The van der Waals surface area contributed by atoms with Gasteiger partial charge >= 0.3 is 0 Å². The lowest BCUT2D eigenvalue weighted by atomic mass is 9.98. The number of hydrogen-bond acceptors (Lipinski definition) is 5. The van der Waals surface area contributed by atoms with Crippen molar-refractivity contribution in [3.05, 3.63) is 131 Å². The van der Waals surface area contributed by atoms with E-state index in [1.807, 2.05) is 98.8 Å². The third-order valence-corrected chi connectivity index (χ3v) is 9.45.